The first-order chi connectivity index (χ1) is 17.5. The van der Waals surface area contributed by atoms with Crippen molar-refractivity contribution in [2.45, 2.75) is 49.0 Å². The number of sulfonamides is 1. The molecule has 1 saturated heterocycles. The fourth-order valence-electron chi connectivity index (χ4n) is 4.25. The summed E-state index contributed by atoms with van der Waals surface area (Å²) in [4.78, 5) is 17.3. The normalized spacial score (nSPS) is 17.0. The highest BCUT2D eigenvalue weighted by Crippen LogP contribution is 2.27. The smallest absolute Gasteiger partial charge is 0.252 e. The monoisotopic (exact) mass is 531 g/mol. The van der Waals surface area contributed by atoms with Gasteiger partial charge in [0, 0.05) is 48.5 Å². The molecule has 1 fully saturated rings. The zero-order chi connectivity index (χ0) is 25.4. The molecule has 36 heavy (non-hydrogen) atoms. The molecule has 1 aromatic carbocycles. The Morgan fingerprint density at radius 1 is 1.22 bits per heavy atom. The van der Waals surface area contributed by atoms with E-state index < -0.39 is 10.0 Å². The molecule has 0 radical (unpaired) electrons. The molecule has 0 spiro atoms. The average molecular weight is 532 g/mol. The second kappa shape index (κ2) is 12.5. The number of carbonyl (C=O) groups excluding carboxylic acids is 1. The third-order valence-corrected chi connectivity index (χ3v) is 9.71. The van der Waals surface area contributed by atoms with E-state index in [0.29, 0.717) is 34.7 Å². The lowest BCUT2D eigenvalue weighted by Gasteiger charge is -2.19. The SMILES string of the molecule is COc1cccc(C(=O)NCc2ccc(S(=O)(=O)N3CCCC(NCCCn4ccnc4)CC3)s2)c1. The van der Waals surface area contributed by atoms with E-state index in [1.807, 2.05) is 12.5 Å². The lowest BCUT2D eigenvalue weighted by Crippen LogP contribution is -2.34. The van der Waals surface area contributed by atoms with Crippen LogP contribution in [0.25, 0.3) is 0 Å². The van der Waals surface area contributed by atoms with Gasteiger partial charge < -0.3 is 19.9 Å². The lowest BCUT2D eigenvalue weighted by molar-refractivity contribution is 0.0951. The van der Waals surface area contributed by atoms with Gasteiger partial charge in [0.15, 0.2) is 0 Å². The van der Waals surface area contributed by atoms with Crippen molar-refractivity contribution < 1.29 is 17.9 Å². The molecule has 0 aliphatic carbocycles. The number of amides is 1. The summed E-state index contributed by atoms with van der Waals surface area (Å²) in [6.07, 6.45) is 9.14. The van der Waals surface area contributed by atoms with Gasteiger partial charge in [0.2, 0.25) is 0 Å². The summed E-state index contributed by atoms with van der Waals surface area (Å²) >= 11 is 1.21. The van der Waals surface area contributed by atoms with E-state index in [1.54, 1.807) is 54.0 Å². The number of methoxy groups -OCH3 is 1. The number of carbonyl (C=O) groups is 1. The van der Waals surface area contributed by atoms with Crippen molar-refractivity contribution in [3.05, 3.63) is 65.6 Å². The number of hydrogen-bond donors (Lipinski definition) is 2. The van der Waals surface area contributed by atoms with E-state index >= 15 is 0 Å². The highest BCUT2D eigenvalue weighted by atomic mass is 32.2. The van der Waals surface area contributed by atoms with Crippen LogP contribution in [0.2, 0.25) is 0 Å². The maximum absolute atomic E-state index is 13.3. The van der Waals surface area contributed by atoms with Crippen LogP contribution in [0.15, 0.2) is 59.3 Å². The van der Waals surface area contributed by atoms with Gasteiger partial charge in [-0.2, -0.15) is 4.31 Å². The van der Waals surface area contributed by atoms with Crippen molar-refractivity contribution in [3.8, 4) is 5.75 Å². The van der Waals surface area contributed by atoms with Crippen molar-refractivity contribution in [3.63, 3.8) is 0 Å². The van der Waals surface area contributed by atoms with Crippen LogP contribution in [-0.4, -0.2) is 61.0 Å². The van der Waals surface area contributed by atoms with Gasteiger partial charge in [-0.1, -0.05) is 6.07 Å². The first-order valence-electron chi connectivity index (χ1n) is 12.2. The van der Waals surface area contributed by atoms with E-state index in [-0.39, 0.29) is 12.5 Å². The number of thiophene rings is 1. The Labute approximate surface area is 216 Å². The Balaban J connectivity index is 1.26. The quantitative estimate of drug-likeness (QED) is 0.369. The summed E-state index contributed by atoms with van der Waals surface area (Å²) in [7, 11) is -2.01. The molecule has 11 heteroatoms. The zero-order valence-electron chi connectivity index (χ0n) is 20.4. The van der Waals surface area contributed by atoms with Gasteiger partial charge in [0.1, 0.15) is 9.96 Å². The molecule has 2 aromatic heterocycles. The van der Waals surface area contributed by atoms with Crippen molar-refractivity contribution in [2.75, 3.05) is 26.7 Å². The van der Waals surface area contributed by atoms with Gasteiger partial charge in [-0.3, -0.25) is 4.79 Å². The fraction of sp³-hybridized carbons (Fsp3) is 0.440. The van der Waals surface area contributed by atoms with Gasteiger partial charge in [-0.25, -0.2) is 13.4 Å². The number of aromatic nitrogens is 2. The van der Waals surface area contributed by atoms with Crippen molar-refractivity contribution in [2.24, 2.45) is 0 Å². The Kier molecular flexibility index (Phi) is 9.13. The highest BCUT2D eigenvalue weighted by molar-refractivity contribution is 7.91. The molecule has 3 aromatic rings. The van der Waals surface area contributed by atoms with E-state index in [2.05, 4.69) is 20.2 Å². The number of ether oxygens (including phenoxy) is 1. The topological polar surface area (TPSA) is 106 Å². The molecule has 0 bridgehead atoms. The summed E-state index contributed by atoms with van der Waals surface area (Å²) < 4.78 is 35.7. The molecule has 0 saturated carbocycles. The van der Waals surface area contributed by atoms with E-state index in [1.165, 1.54) is 11.3 Å². The Bertz CT molecular complexity index is 1230. The number of aryl methyl sites for hydroxylation is 1. The van der Waals surface area contributed by atoms with E-state index in [4.69, 9.17) is 4.74 Å². The van der Waals surface area contributed by atoms with Gasteiger partial charge in [0.05, 0.1) is 20.0 Å². The number of hydrogen-bond acceptors (Lipinski definition) is 7. The molecule has 1 aliphatic rings. The summed E-state index contributed by atoms with van der Waals surface area (Å²) in [6, 6.07) is 10.6. The van der Waals surface area contributed by atoms with E-state index in [0.717, 1.165) is 43.6 Å². The summed E-state index contributed by atoms with van der Waals surface area (Å²) in [5.41, 5.74) is 0.494. The maximum Gasteiger partial charge on any atom is 0.252 e. The number of nitrogens with zero attached hydrogens (tertiary/aromatic N) is 3. The first kappa shape index (κ1) is 26.3. The van der Waals surface area contributed by atoms with Gasteiger partial charge in [-0.15, -0.1) is 11.3 Å². The molecule has 1 atom stereocenters. The summed E-state index contributed by atoms with van der Waals surface area (Å²) in [5, 5.41) is 6.44. The van der Waals surface area contributed by atoms with Crippen LogP contribution in [0.4, 0.5) is 0 Å². The number of rotatable bonds is 11. The van der Waals surface area contributed by atoms with Crippen LogP contribution in [0.3, 0.4) is 0 Å². The van der Waals surface area contributed by atoms with Crippen molar-refractivity contribution in [1.29, 1.82) is 0 Å². The predicted octanol–water partition coefficient (Wildman–Crippen LogP) is 3.11. The molecule has 194 valence electrons. The third-order valence-electron chi connectivity index (χ3n) is 6.26. The Hall–Kier alpha value is -2.73. The number of nitrogens with one attached hydrogen (secondary N) is 2. The molecule has 3 heterocycles. The molecule has 4 rings (SSSR count). The molecule has 1 unspecified atom stereocenters. The third kappa shape index (κ3) is 6.94. The maximum atomic E-state index is 13.3. The van der Waals surface area contributed by atoms with Crippen LogP contribution in [0, 0.1) is 0 Å². The minimum atomic E-state index is -3.56. The first-order valence-corrected chi connectivity index (χ1v) is 14.4. The Morgan fingerprint density at radius 3 is 2.92 bits per heavy atom. The zero-order valence-corrected chi connectivity index (χ0v) is 22.1. The summed E-state index contributed by atoms with van der Waals surface area (Å²) in [5.74, 6) is 0.374. The van der Waals surface area contributed by atoms with Crippen LogP contribution >= 0.6 is 11.3 Å². The lowest BCUT2D eigenvalue weighted by atomic mass is 10.1. The highest BCUT2D eigenvalue weighted by Gasteiger charge is 2.28. The molecule has 1 amide bonds. The molecule has 1 aliphatic heterocycles. The number of benzene rings is 1. The standard InChI is InChI=1S/C25H33N5O4S2/c1-34-22-7-2-5-20(17-22)25(31)28-18-23-8-9-24(35-23)36(32,33)30-14-3-6-21(10-15-30)27-11-4-13-29-16-12-26-19-29/h2,5,7-9,12,16-17,19,21,27H,3-4,6,10-11,13-15,18H2,1H3,(H,28,31). The molecular weight excluding hydrogens is 498 g/mol. The fourth-order valence-corrected chi connectivity index (χ4v) is 7.20. The average Bonchev–Trinajstić information content (AvgIpc) is 3.54. The second-order valence-corrected chi connectivity index (χ2v) is 12.1. The Morgan fingerprint density at radius 2 is 2.11 bits per heavy atom. The second-order valence-electron chi connectivity index (χ2n) is 8.78. The minimum absolute atomic E-state index is 0.234. The van der Waals surface area contributed by atoms with Crippen LogP contribution in [0.5, 0.6) is 5.75 Å². The molecule has 2 N–H and O–H groups in total. The molecular formula is C25H33N5O4S2. The summed E-state index contributed by atoms with van der Waals surface area (Å²) in [6.45, 7) is 3.10. The van der Waals surface area contributed by atoms with Crippen molar-refractivity contribution >= 4 is 27.3 Å². The van der Waals surface area contributed by atoms with Gasteiger partial charge in [0.25, 0.3) is 15.9 Å². The van der Waals surface area contributed by atoms with Crippen molar-refractivity contribution in [1.82, 2.24) is 24.5 Å². The van der Waals surface area contributed by atoms with Crippen LogP contribution in [0.1, 0.15) is 40.9 Å². The largest absolute Gasteiger partial charge is 0.497 e. The minimum Gasteiger partial charge on any atom is -0.497 e. The predicted molar refractivity (Wildman–Crippen MR) is 140 cm³/mol. The van der Waals surface area contributed by atoms with Crippen LogP contribution < -0.4 is 15.4 Å². The van der Waals surface area contributed by atoms with Crippen LogP contribution in [-0.2, 0) is 23.1 Å². The van der Waals surface area contributed by atoms with E-state index in [9.17, 15) is 13.2 Å². The van der Waals surface area contributed by atoms with Gasteiger partial charge >= 0.3 is 0 Å². The number of imidazole rings is 1. The molecule has 9 nitrogen and oxygen atoms in total. The van der Waals surface area contributed by atoms with Gasteiger partial charge in [-0.05, 0) is 62.6 Å².